The van der Waals surface area contributed by atoms with Crippen molar-refractivity contribution >= 4 is 63.6 Å². The largest absolute Gasteiger partial charge is 0.377 e. The summed E-state index contributed by atoms with van der Waals surface area (Å²) in [6.45, 7) is 2.79. The van der Waals surface area contributed by atoms with Gasteiger partial charge >= 0.3 is 0 Å². The van der Waals surface area contributed by atoms with Crippen LogP contribution in [-0.2, 0) is 22.3 Å². The number of nitrogens with zero attached hydrogens (tertiary/aromatic N) is 14. The second kappa shape index (κ2) is 18.1. The SMILES string of the molecule is O=C(c1ccc(N2CCOC[C@H]2Cc2cc(-n3nccn3)ccc2Cl)c(Cl)c1-n1nccn1)c1ccc(N2CCOC[C@H]2Cc2cc(-n3nccn3)ccc2Cl)c(Cl)c1-n1nccn1. The number of ether oxygens (including phenoxy) is 2. The van der Waals surface area contributed by atoms with Crippen molar-refractivity contribution in [3.63, 3.8) is 0 Å². The summed E-state index contributed by atoms with van der Waals surface area (Å²) >= 11 is 28.4. The lowest BCUT2D eigenvalue weighted by Crippen LogP contribution is -2.47. The Hall–Kier alpha value is -6.21. The number of carbonyl (C=O) groups excluding carboxylic acids is 1. The van der Waals surface area contributed by atoms with Gasteiger partial charge in [0.2, 0.25) is 0 Å². The van der Waals surface area contributed by atoms with Crippen molar-refractivity contribution < 1.29 is 14.3 Å². The van der Waals surface area contributed by atoms with Gasteiger partial charge in [-0.15, -0.1) is 9.59 Å². The third kappa shape index (κ3) is 8.10. The van der Waals surface area contributed by atoms with Crippen molar-refractivity contribution in [2.45, 2.75) is 24.9 Å². The number of rotatable bonds is 12. The first-order valence-corrected chi connectivity index (χ1v) is 21.8. The molecule has 324 valence electrons. The zero-order valence-electron chi connectivity index (χ0n) is 33.7. The number of aromatic nitrogens is 12. The molecule has 0 radical (unpaired) electrons. The van der Waals surface area contributed by atoms with Crippen LogP contribution in [0.5, 0.6) is 0 Å². The van der Waals surface area contributed by atoms with Crippen molar-refractivity contribution in [3.05, 3.63) is 153 Å². The molecular formula is C43H36Cl4N14O3. The second-order valence-electron chi connectivity index (χ2n) is 15.0. The molecule has 6 heterocycles. The van der Waals surface area contributed by atoms with E-state index < -0.39 is 5.78 Å². The highest BCUT2D eigenvalue weighted by atomic mass is 35.5. The predicted molar refractivity (Wildman–Crippen MR) is 240 cm³/mol. The summed E-state index contributed by atoms with van der Waals surface area (Å²) in [5, 5.41) is 36.6. The molecule has 4 aromatic carbocycles. The molecule has 0 amide bonds. The van der Waals surface area contributed by atoms with E-state index in [4.69, 9.17) is 55.9 Å². The minimum absolute atomic E-state index is 0.175. The fraction of sp³-hybridized carbons (Fsp3) is 0.233. The Morgan fingerprint density at radius 2 is 0.891 bits per heavy atom. The molecule has 0 aliphatic carbocycles. The Bertz CT molecular complexity index is 2720. The molecule has 0 saturated carbocycles. The van der Waals surface area contributed by atoms with Gasteiger partial charge in [0.05, 0.1) is 132 Å². The van der Waals surface area contributed by atoms with Crippen LogP contribution in [0.1, 0.15) is 27.0 Å². The van der Waals surface area contributed by atoms with Crippen molar-refractivity contribution in [3.8, 4) is 22.7 Å². The fourth-order valence-corrected chi connectivity index (χ4v) is 9.38. The van der Waals surface area contributed by atoms with Gasteiger partial charge in [0.1, 0.15) is 11.4 Å². The second-order valence-corrected chi connectivity index (χ2v) is 16.6. The van der Waals surface area contributed by atoms with E-state index >= 15 is 4.79 Å². The first-order valence-electron chi connectivity index (χ1n) is 20.2. The van der Waals surface area contributed by atoms with Crippen LogP contribution in [0, 0.1) is 0 Å². The smallest absolute Gasteiger partial charge is 0.197 e. The zero-order valence-corrected chi connectivity index (χ0v) is 36.7. The minimum atomic E-state index is -0.398. The highest BCUT2D eigenvalue weighted by Gasteiger charge is 2.33. The molecule has 64 heavy (non-hydrogen) atoms. The van der Waals surface area contributed by atoms with Crippen LogP contribution in [0.25, 0.3) is 22.7 Å². The van der Waals surface area contributed by atoms with Gasteiger partial charge in [0, 0.05) is 23.1 Å². The number of hydrogen-bond acceptors (Lipinski definition) is 13. The molecule has 10 rings (SSSR count). The third-order valence-corrected chi connectivity index (χ3v) is 12.7. The lowest BCUT2D eigenvalue weighted by Gasteiger charge is -2.38. The molecular weight excluding hydrogens is 902 g/mol. The molecule has 0 N–H and O–H groups in total. The highest BCUT2D eigenvalue weighted by molar-refractivity contribution is 6.37. The molecule has 17 nitrogen and oxygen atoms in total. The van der Waals surface area contributed by atoms with E-state index in [-0.39, 0.29) is 33.3 Å². The van der Waals surface area contributed by atoms with E-state index in [1.165, 1.54) is 34.4 Å². The number of benzene rings is 4. The van der Waals surface area contributed by atoms with E-state index in [0.717, 1.165) is 22.5 Å². The van der Waals surface area contributed by atoms with Gasteiger partial charge in [-0.05, 0) is 84.6 Å². The summed E-state index contributed by atoms with van der Waals surface area (Å²) in [6.07, 6.45) is 13.6. The Balaban J connectivity index is 1.00. The maximum Gasteiger partial charge on any atom is 0.197 e. The first-order chi connectivity index (χ1) is 31.3. The fourth-order valence-electron chi connectivity index (χ4n) is 8.29. The third-order valence-electron chi connectivity index (χ3n) is 11.3. The molecule has 0 unspecified atom stereocenters. The summed E-state index contributed by atoms with van der Waals surface area (Å²) in [6, 6.07) is 18.1. The van der Waals surface area contributed by atoms with Gasteiger partial charge in [-0.1, -0.05) is 46.4 Å². The topological polar surface area (TPSA) is 165 Å². The molecule has 2 fully saturated rings. The Labute approximate surface area is 385 Å². The Morgan fingerprint density at radius 3 is 1.28 bits per heavy atom. The van der Waals surface area contributed by atoms with E-state index in [0.29, 0.717) is 85.2 Å². The molecule has 21 heteroatoms. The average Bonchev–Trinajstić information content (AvgIpc) is 4.18. The van der Waals surface area contributed by atoms with Crippen molar-refractivity contribution in [1.29, 1.82) is 0 Å². The standard InChI is InChI=1S/C43H36Cl4N14O3/c44-35-5-1-29(58-48-9-10-49-58)21-27(35)23-31-25-63-19-17-56(31)37-7-3-33(41(39(37)46)60-52-13-14-53-60)43(62)34-4-8-38(40(47)42(34)61-54-15-16-55-61)57-18-20-64-26-32(57)24-28-22-30(2-6-36(28)45)59-50-11-12-51-59/h1-16,21-22,31-32H,17-20,23-26H2/t31-,32-/m1/s1. The van der Waals surface area contributed by atoms with Crippen LogP contribution in [0.4, 0.5) is 11.4 Å². The summed E-state index contributed by atoms with van der Waals surface area (Å²) in [7, 11) is 0. The number of ketones is 1. The Morgan fingerprint density at radius 1 is 0.516 bits per heavy atom. The first kappa shape index (κ1) is 41.8. The van der Waals surface area contributed by atoms with E-state index in [1.807, 2.05) is 48.5 Å². The van der Waals surface area contributed by atoms with Gasteiger partial charge in [-0.2, -0.15) is 50.4 Å². The van der Waals surface area contributed by atoms with Crippen LogP contribution in [-0.4, -0.2) is 117 Å². The molecule has 0 bridgehead atoms. The van der Waals surface area contributed by atoms with Crippen LogP contribution in [0.15, 0.2) is 110 Å². The molecule has 4 aromatic heterocycles. The van der Waals surface area contributed by atoms with Gasteiger partial charge in [-0.3, -0.25) is 4.79 Å². The summed E-state index contributed by atoms with van der Waals surface area (Å²) in [5.41, 5.74) is 5.73. The molecule has 2 atom stereocenters. The highest BCUT2D eigenvalue weighted by Crippen LogP contribution is 2.41. The molecule has 2 saturated heterocycles. The van der Waals surface area contributed by atoms with E-state index in [9.17, 15) is 0 Å². The quantitative estimate of drug-likeness (QED) is 0.118. The van der Waals surface area contributed by atoms with Crippen molar-refractivity contribution in [1.82, 2.24) is 60.0 Å². The van der Waals surface area contributed by atoms with Crippen molar-refractivity contribution in [2.24, 2.45) is 0 Å². The van der Waals surface area contributed by atoms with Gasteiger partial charge in [0.25, 0.3) is 0 Å². The molecule has 2 aliphatic heterocycles. The summed E-state index contributed by atoms with van der Waals surface area (Å²) in [5.74, 6) is -0.398. The number of anilines is 2. The maximum absolute atomic E-state index is 15.1. The number of halogens is 4. The van der Waals surface area contributed by atoms with Crippen LogP contribution in [0.2, 0.25) is 20.1 Å². The zero-order chi connectivity index (χ0) is 43.7. The maximum atomic E-state index is 15.1. The molecule has 8 aromatic rings. The predicted octanol–water partition coefficient (Wildman–Crippen LogP) is 6.75. The van der Waals surface area contributed by atoms with Gasteiger partial charge in [0.15, 0.2) is 5.78 Å². The van der Waals surface area contributed by atoms with E-state index in [1.54, 1.807) is 46.5 Å². The summed E-state index contributed by atoms with van der Waals surface area (Å²) < 4.78 is 12.0. The average molecular weight is 939 g/mol. The van der Waals surface area contributed by atoms with Gasteiger partial charge in [-0.25, -0.2) is 0 Å². The number of hydrogen-bond donors (Lipinski definition) is 0. The van der Waals surface area contributed by atoms with Crippen molar-refractivity contribution in [2.75, 3.05) is 49.3 Å². The van der Waals surface area contributed by atoms with Crippen LogP contribution in [0.3, 0.4) is 0 Å². The van der Waals surface area contributed by atoms with E-state index in [2.05, 4.69) is 50.6 Å². The summed E-state index contributed by atoms with van der Waals surface area (Å²) in [4.78, 5) is 25.3. The molecule has 0 spiro atoms. The number of morpholine rings is 2. The lowest BCUT2D eigenvalue weighted by molar-refractivity contribution is 0.0940. The Kier molecular flexibility index (Phi) is 11.8. The number of carbonyl (C=O) groups is 1. The van der Waals surface area contributed by atoms with Crippen LogP contribution < -0.4 is 9.80 Å². The lowest BCUT2D eigenvalue weighted by atomic mass is 9.97. The van der Waals surface area contributed by atoms with Crippen LogP contribution >= 0.6 is 46.4 Å². The monoisotopic (exact) mass is 936 g/mol. The minimum Gasteiger partial charge on any atom is -0.377 e. The molecule has 2 aliphatic rings. The van der Waals surface area contributed by atoms with Gasteiger partial charge < -0.3 is 19.3 Å². The normalized spacial score (nSPS) is 16.7.